The van der Waals surface area contributed by atoms with Crippen LogP contribution in [0.5, 0.6) is 5.75 Å². The highest BCUT2D eigenvalue weighted by molar-refractivity contribution is 5.92. The summed E-state index contributed by atoms with van der Waals surface area (Å²) in [5, 5.41) is 12.3. The summed E-state index contributed by atoms with van der Waals surface area (Å²) < 4.78 is 5.53. The highest BCUT2D eigenvalue weighted by Gasteiger charge is 2.05. The van der Waals surface area contributed by atoms with Crippen LogP contribution in [0.15, 0.2) is 54.6 Å². The van der Waals surface area contributed by atoms with Crippen LogP contribution in [0.2, 0.25) is 0 Å². The van der Waals surface area contributed by atoms with Crippen LogP contribution >= 0.6 is 0 Å². The van der Waals surface area contributed by atoms with Crippen molar-refractivity contribution in [3.05, 3.63) is 60.2 Å². The minimum atomic E-state index is -0.117. The number of carbonyl (C=O) groups is 1. The summed E-state index contributed by atoms with van der Waals surface area (Å²) >= 11 is 0. The second-order valence-corrected chi connectivity index (χ2v) is 5.02. The first-order valence-corrected chi connectivity index (χ1v) is 7.45. The topological polar surface area (TPSA) is 58.6 Å². The predicted octanol–water partition coefficient (Wildman–Crippen LogP) is 3.37. The quantitative estimate of drug-likeness (QED) is 0.580. The Morgan fingerprint density at radius 1 is 1.00 bits per heavy atom. The molecular weight excluding hydrogens is 278 g/mol. The van der Waals surface area contributed by atoms with Crippen LogP contribution < -0.4 is 5.32 Å². The smallest absolute Gasteiger partial charge is 0.224 e. The van der Waals surface area contributed by atoms with E-state index in [0.717, 1.165) is 6.42 Å². The molecule has 0 saturated carbocycles. The Labute approximate surface area is 130 Å². The molecule has 0 aliphatic carbocycles. The number of nitrogens with one attached hydrogen (secondary N) is 1. The van der Waals surface area contributed by atoms with Gasteiger partial charge in [-0.15, -0.1) is 0 Å². The van der Waals surface area contributed by atoms with Crippen molar-refractivity contribution in [2.75, 3.05) is 18.5 Å². The fourth-order valence-electron chi connectivity index (χ4n) is 2.06. The van der Waals surface area contributed by atoms with E-state index in [4.69, 9.17) is 4.74 Å². The molecule has 2 aromatic rings. The molecule has 22 heavy (non-hydrogen) atoms. The van der Waals surface area contributed by atoms with Crippen LogP contribution in [0.3, 0.4) is 0 Å². The minimum Gasteiger partial charge on any atom is -0.506 e. The van der Waals surface area contributed by atoms with E-state index in [1.165, 1.54) is 5.56 Å². The van der Waals surface area contributed by atoms with Crippen LogP contribution in [-0.4, -0.2) is 24.2 Å². The van der Waals surface area contributed by atoms with Crippen molar-refractivity contribution < 1.29 is 14.6 Å². The molecule has 2 aromatic carbocycles. The van der Waals surface area contributed by atoms with Crippen LogP contribution in [0.25, 0.3) is 0 Å². The first kappa shape index (κ1) is 16.0. The van der Waals surface area contributed by atoms with Gasteiger partial charge < -0.3 is 15.2 Å². The highest BCUT2D eigenvalue weighted by Crippen LogP contribution is 2.21. The standard InChI is InChI=1S/C18H21NO3/c20-17-10-5-4-9-16(17)19-18(21)11-6-13-22-14-12-15-7-2-1-3-8-15/h1-5,7-10,20H,6,11-14H2,(H,19,21). The molecule has 116 valence electrons. The first-order valence-electron chi connectivity index (χ1n) is 7.45. The fourth-order valence-corrected chi connectivity index (χ4v) is 2.06. The number of para-hydroxylation sites is 2. The lowest BCUT2D eigenvalue weighted by Gasteiger charge is -2.07. The monoisotopic (exact) mass is 299 g/mol. The van der Waals surface area contributed by atoms with Crippen LogP contribution in [0, 0.1) is 0 Å². The third-order valence-corrected chi connectivity index (χ3v) is 3.25. The molecule has 0 aromatic heterocycles. The Bertz CT molecular complexity index is 584. The van der Waals surface area contributed by atoms with Gasteiger partial charge in [0.15, 0.2) is 0 Å². The second-order valence-electron chi connectivity index (χ2n) is 5.02. The number of amides is 1. The molecule has 0 atom stereocenters. The van der Waals surface area contributed by atoms with Gasteiger partial charge in [0.1, 0.15) is 5.75 Å². The number of aromatic hydroxyl groups is 1. The molecule has 0 radical (unpaired) electrons. The average molecular weight is 299 g/mol. The molecule has 0 fully saturated rings. The number of phenols is 1. The molecule has 0 unspecified atom stereocenters. The number of phenolic OH excluding ortho intramolecular Hbond substituents is 1. The Hall–Kier alpha value is -2.33. The third-order valence-electron chi connectivity index (χ3n) is 3.25. The third kappa shape index (κ3) is 5.58. The largest absolute Gasteiger partial charge is 0.506 e. The summed E-state index contributed by atoms with van der Waals surface area (Å²) in [7, 11) is 0. The van der Waals surface area contributed by atoms with Gasteiger partial charge in [0.2, 0.25) is 5.91 Å². The predicted molar refractivity (Wildman–Crippen MR) is 86.9 cm³/mol. The normalized spacial score (nSPS) is 10.4. The van der Waals surface area contributed by atoms with Crippen molar-refractivity contribution >= 4 is 11.6 Å². The van der Waals surface area contributed by atoms with E-state index in [9.17, 15) is 9.90 Å². The fraction of sp³-hybridized carbons (Fsp3) is 0.278. The number of benzene rings is 2. The summed E-state index contributed by atoms with van der Waals surface area (Å²) in [4.78, 5) is 11.7. The van der Waals surface area contributed by atoms with Gasteiger partial charge in [0.25, 0.3) is 0 Å². The van der Waals surface area contributed by atoms with E-state index in [-0.39, 0.29) is 11.7 Å². The SMILES string of the molecule is O=C(CCCOCCc1ccccc1)Nc1ccccc1O. The van der Waals surface area contributed by atoms with E-state index in [2.05, 4.69) is 17.4 Å². The van der Waals surface area contributed by atoms with E-state index < -0.39 is 0 Å². The van der Waals surface area contributed by atoms with E-state index in [0.29, 0.717) is 31.7 Å². The van der Waals surface area contributed by atoms with Crippen molar-refractivity contribution in [1.29, 1.82) is 0 Å². The number of hydrogen-bond donors (Lipinski definition) is 2. The Balaban J connectivity index is 1.57. The Morgan fingerprint density at radius 2 is 1.73 bits per heavy atom. The molecule has 0 saturated heterocycles. The van der Waals surface area contributed by atoms with Crippen molar-refractivity contribution in [3.63, 3.8) is 0 Å². The molecule has 0 aliphatic heterocycles. The minimum absolute atomic E-state index is 0.0787. The van der Waals surface area contributed by atoms with Gasteiger partial charge in [-0.25, -0.2) is 0 Å². The average Bonchev–Trinajstić information content (AvgIpc) is 2.54. The summed E-state index contributed by atoms with van der Waals surface area (Å²) in [6.45, 7) is 1.21. The van der Waals surface area contributed by atoms with Crippen molar-refractivity contribution in [3.8, 4) is 5.75 Å². The zero-order valence-corrected chi connectivity index (χ0v) is 12.5. The summed E-state index contributed by atoms with van der Waals surface area (Å²) in [5.41, 5.74) is 1.69. The summed E-state index contributed by atoms with van der Waals surface area (Å²) in [6.07, 6.45) is 1.92. The zero-order valence-electron chi connectivity index (χ0n) is 12.5. The molecule has 2 rings (SSSR count). The van der Waals surface area contributed by atoms with Crippen molar-refractivity contribution in [2.24, 2.45) is 0 Å². The van der Waals surface area contributed by atoms with Gasteiger partial charge in [-0.3, -0.25) is 4.79 Å². The maximum atomic E-state index is 11.7. The number of rotatable bonds is 8. The van der Waals surface area contributed by atoms with E-state index >= 15 is 0 Å². The second kappa shape index (κ2) is 8.85. The summed E-state index contributed by atoms with van der Waals surface area (Å²) in [6, 6.07) is 16.9. The maximum Gasteiger partial charge on any atom is 0.224 e. The molecule has 0 bridgehead atoms. The highest BCUT2D eigenvalue weighted by atomic mass is 16.5. The molecular formula is C18H21NO3. The van der Waals surface area contributed by atoms with Gasteiger partial charge in [0, 0.05) is 13.0 Å². The van der Waals surface area contributed by atoms with Crippen LogP contribution in [0.1, 0.15) is 18.4 Å². The lowest BCUT2D eigenvalue weighted by Crippen LogP contribution is -2.12. The van der Waals surface area contributed by atoms with Crippen LogP contribution in [0.4, 0.5) is 5.69 Å². The molecule has 4 nitrogen and oxygen atoms in total. The van der Waals surface area contributed by atoms with Gasteiger partial charge in [-0.1, -0.05) is 42.5 Å². The molecule has 2 N–H and O–H groups in total. The van der Waals surface area contributed by atoms with Gasteiger partial charge in [0.05, 0.1) is 12.3 Å². The Kier molecular flexibility index (Phi) is 6.45. The van der Waals surface area contributed by atoms with Gasteiger partial charge in [-0.2, -0.15) is 0 Å². The molecule has 0 aliphatic rings. The van der Waals surface area contributed by atoms with Gasteiger partial charge in [-0.05, 0) is 30.5 Å². The van der Waals surface area contributed by atoms with E-state index in [1.807, 2.05) is 18.2 Å². The number of anilines is 1. The lowest BCUT2D eigenvalue weighted by molar-refractivity contribution is -0.116. The number of hydrogen-bond acceptors (Lipinski definition) is 3. The Morgan fingerprint density at radius 3 is 2.50 bits per heavy atom. The van der Waals surface area contributed by atoms with Crippen molar-refractivity contribution in [2.45, 2.75) is 19.3 Å². The number of ether oxygens (including phenoxy) is 1. The number of carbonyl (C=O) groups excluding carboxylic acids is 1. The molecule has 0 heterocycles. The van der Waals surface area contributed by atoms with Crippen LogP contribution in [-0.2, 0) is 16.0 Å². The van der Waals surface area contributed by atoms with Crippen molar-refractivity contribution in [1.82, 2.24) is 0 Å². The molecule has 4 heteroatoms. The maximum absolute atomic E-state index is 11.7. The first-order chi connectivity index (χ1) is 10.8. The molecule has 1 amide bonds. The summed E-state index contributed by atoms with van der Waals surface area (Å²) in [5.74, 6) is -0.0388. The van der Waals surface area contributed by atoms with Gasteiger partial charge >= 0.3 is 0 Å². The van der Waals surface area contributed by atoms with E-state index in [1.54, 1.807) is 24.3 Å². The molecule has 0 spiro atoms. The zero-order chi connectivity index (χ0) is 15.6. The lowest BCUT2D eigenvalue weighted by atomic mass is 10.2.